The fourth-order valence-corrected chi connectivity index (χ4v) is 4.27. The molecule has 1 atom stereocenters. The molecule has 0 saturated carbocycles. The molecule has 0 radical (unpaired) electrons. The molecule has 0 amide bonds. The summed E-state index contributed by atoms with van der Waals surface area (Å²) in [4.78, 5) is 12.9. The first-order chi connectivity index (χ1) is 12.1. The maximum atomic E-state index is 12.9. The molecular formula is C19H11ClN2O2S. The first-order valence-corrected chi connectivity index (χ1v) is 8.69. The third-order valence-electron chi connectivity index (χ3n) is 4.19. The van der Waals surface area contributed by atoms with Gasteiger partial charge in [0.1, 0.15) is 17.4 Å². The molecule has 1 aliphatic rings. The van der Waals surface area contributed by atoms with Gasteiger partial charge in [0.25, 0.3) is 0 Å². The number of fused-ring (bicyclic) bond motifs is 3. The van der Waals surface area contributed by atoms with Crippen molar-refractivity contribution in [3.05, 3.63) is 85.7 Å². The van der Waals surface area contributed by atoms with Gasteiger partial charge in [0.15, 0.2) is 0 Å². The molecule has 1 aromatic heterocycles. The third-order valence-corrected chi connectivity index (χ3v) is 5.52. The molecule has 2 N–H and O–H groups in total. The third kappa shape index (κ3) is 2.39. The van der Waals surface area contributed by atoms with Gasteiger partial charge in [0.05, 0.1) is 11.5 Å². The molecule has 0 aliphatic carbocycles. The molecule has 0 saturated heterocycles. The van der Waals surface area contributed by atoms with Gasteiger partial charge in [0, 0.05) is 15.1 Å². The first kappa shape index (κ1) is 15.7. The highest BCUT2D eigenvalue weighted by molar-refractivity contribution is 7.16. The van der Waals surface area contributed by atoms with E-state index in [0.717, 1.165) is 21.4 Å². The van der Waals surface area contributed by atoms with E-state index in [9.17, 15) is 10.1 Å². The fourth-order valence-electron chi connectivity index (χ4n) is 3.09. The Balaban J connectivity index is 2.12. The number of nitrogens with zero attached hydrogens (tertiary/aromatic N) is 1. The summed E-state index contributed by atoms with van der Waals surface area (Å²) in [6.45, 7) is 0. The molecule has 1 aliphatic heterocycles. The van der Waals surface area contributed by atoms with Gasteiger partial charge in [-0.2, -0.15) is 5.26 Å². The van der Waals surface area contributed by atoms with Crippen LogP contribution in [0.4, 0.5) is 0 Å². The van der Waals surface area contributed by atoms with E-state index in [1.807, 2.05) is 30.3 Å². The standard InChI is InChI=1S/C19H11ClN2O2S/c20-13-7-3-1-5-10(13)15-12(9-21)18(22)24-17-11-6-2-4-8-14(11)25-19(23)16(15)17/h1-8,15H,22H2. The van der Waals surface area contributed by atoms with Crippen molar-refractivity contribution in [2.45, 2.75) is 5.92 Å². The Morgan fingerprint density at radius 3 is 2.64 bits per heavy atom. The molecule has 122 valence electrons. The Morgan fingerprint density at radius 2 is 1.88 bits per heavy atom. The van der Waals surface area contributed by atoms with Crippen LogP contribution < -0.4 is 15.2 Å². The van der Waals surface area contributed by atoms with Crippen molar-refractivity contribution < 1.29 is 4.74 Å². The number of nitriles is 1. The molecule has 0 fully saturated rings. The van der Waals surface area contributed by atoms with Crippen molar-refractivity contribution >= 4 is 33.0 Å². The van der Waals surface area contributed by atoms with E-state index >= 15 is 0 Å². The second-order valence-corrected chi connectivity index (χ2v) is 7.00. The molecule has 3 aromatic rings. The fraction of sp³-hybridized carbons (Fsp3) is 0.0526. The highest BCUT2D eigenvalue weighted by Gasteiger charge is 2.35. The summed E-state index contributed by atoms with van der Waals surface area (Å²) >= 11 is 7.48. The van der Waals surface area contributed by atoms with Gasteiger partial charge in [-0.05, 0) is 23.8 Å². The Labute approximate surface area is 152 Å². The lowest BCUT2D eigenvalue weighted by Gasteiger charge is -2.26. The summed E-state index contributed by atoms with van der Waals surface area (Å²) in [6.07, 6.45) is 0. The molecule has 4 rings (SSSR count). The number of ether oxygens (including phenoxy) is 1. The highest BCUT2D eigenvalue weighted by Crippen LogP contribution is 2.45. The lowest BCUT2D eigenvalue weighted by molar-refractivity contribution is 0.398. The maximum Gasteiger partial charge on any atom is 0.240 e. The molecule has 6 heteroatoms. The van der Waals surface area contributed by atoms with Crippen LogP contribution in [0.1, 0.15) is 17.0 Å². The van der Waals surface area contributed by atoms with Crippen LogP contribution in [0.15, 0.2) is 64.8 Å². The number of hydrogen-bond acceptors (Lipinski definition) is 5. The van der Waals surface area contributed by atoms with Crippen LogP contribution in [-0.2, 0) is 0 Å². The topological polar surface area (TPSA) is 76.1 Å². The number of halogens is 1. The zero-order chi connectivity index (χ0) is 17.6. The Bertz CT molecular complexity index is 1140. The molecule has 1 unspecified atom stereocenters. The lowest BCUT2D eigenvalue weighted by atomic mass is 9.84. The average Bonchev–Trinajstić information content (AvgIpc) is 2.61. The van der Waals surface area contributed by atoms with Crippen LogP contribution in [0.5, 0.6) is 5.75 Å². The van der Waals surface area contributed by atoms with E-state index < -0.39 is 5.92 Å². The Hall–Kier alpha value is -2.81. The van der Waals surface area contributed by atoms with Crippen LogP contribution in [0.3, 0.4) is 0 Å². The van der Waals surface area contributed by atoms with Crippen molar-refractivity contribution in [1.29, 1.82) is 5.26 Å². The number of nitrogens with two attached hydrogens (primary N) is 1. The molecule has 2 heterocycles. The van der Waals surface area contributed by atoms with Crippen LogP contribution in [0.25, 0.3) is 10.1 Å². The SMILES string of the molecule is N#CC1=C(N)Oc2c(c(=O)sc3ccccc23)C1c1ccccc1Cl. The van der Waals surface area contributed by atoms with Crippen LogP contribution in [0, 0.1) is 11.3 Å². The zero-order valence-corrected chi connectivity index (χ0v) is 14.4. The van der Waals surface area contributed by atoms with E-state index in [4.69, 9.17) is 22.1 Å². The van der Waals surface area contributed by atoms with Gasteiger partial charge in [-0.3, -0.25) is 4.79 Å². The van der Waals surface area contributed by atoms with E-state index in [1.165, 1.54) is 0 Å². The first-order valence-electron chi connectivity index (χ1n) is 7.49. The molecule has 2 aromatic carbocycles. The minimum atomic E-state index is -0.643. The van der Waals surface area contributed by atoms with E-state index in [0.29, 0.717) is 21.9 Å². The largest absolute Gasteiger partial charge is 0.439 e. The van der Waals surface area contributed by atoms with Crippen molar-refractivity contribution in [3.63, 3.8) is 0 Å². The number of benzene rings is 2. The van der Waals surface area contributed by atoms with Crippen LogP contribution >= 0.6 is 22.9 Å². The molecular weight excluding hydrogens is 356 g/mol. The summed E-state index contributed by atoms with van der Waals surface area (Å²) in [5.41, 5.74) is 7.28. The second kappa shape index (κ2) is 5.92. The molecule has 25 heavy (non-hydrogen) atoms. The minimum Gasteiger partial charge on any atom is -0.439 e. The summed E-state index contributed by atoms with van der Waals surface area (Å²) < 4.78 is 6.35. The molecule has 0 bridgehead atoms. The van der Waals surface area contributed by atoms with Crippen molar-refractivity contribution in [1.82, 2.24) is 0 Å². The van der Waals surface area contributed by atoms with E-state index in [2.05, 4.69) is 6.07 Å². The molecule has 4 nitrogen and oxygen atoms in total. The van der Waals surface area contributed by atoms with Crippen LogP contribution in [-0.4, -0.2) is 0 Å². The van der Waals surface area contributed by atoms with Crippen molar-refractivity contribution in [2.24, 2.45) is 5.73 Å². The normalized spacial score (nSPS) is 16.2. The number of hydrogen-bond donors (Lipinski definition) is 1. The maximum absolute atomic E-state index is 12.9. The summed E-state index contributed by atoms with van der Waals surface area (Å²) in [6, 6.07) is 16.7. The van der Waals surface area contributed by atoms with Gasteiger partial charge in [-0.1, -0.05) is 53.3 Å². The summed E-state index contributed by atoms with van der Waals surface area (Å²) in [5, 5.41) is 10.9. The zero-order valence-electron chi connectivity index (χ0n) is 12.8. The molecule has 0 spiro atoms. The summed E-state index contributed by atoms with van der Waals surface area (Å²) in [5.74, 6) is -0.239. The number of allylic oxidation sites excluding steroid dienone is 1. The highest BCUT2D eigenvalue weighted by atomic mass is 35.5. The number of rotatable bonds is 1. The van der Waals surface area contributed by atoms with Gasteiger partial charge >= 0.3 is 0 Å². The predicted molar refractivity (Wildman–Crippen MR) is 98.8 cm³/mol. The smallest absolute Gasteiger partial charge is 0.240 e. The lowest BCUT2D eigenvalue weighted by Crippen LogP contribution is -2.25. The second-order valence-electron chi connectivity index (χ2n) is 5.57. The van der Waals surface area contributed by atoms with Gasteiger partial charge < -0.3 is 10.5 Å². The quantitative estimate of drug-likeness (QED) is 0.702. The van der Waals surface area contributed by atoms with E-state index in [1.54, 1.807) is 18.2 Å². The van der Waals surface area contributed by atoms with Gasteiger partial charge in [-0.15, -0.1) is 0 Å². The van der Waals surface area contributed by atoms with Crippen molar-refractivity contribution in [3.8, 4) is 11.8 Å². The van der Waals surface area contributed by atoms with Crippen LogP contribution in [0.2, 0.25) is 5.02 Å². The van der Waals surface area contributed by atoms with Crippen molar-refractivity contribution in [2.75, 3.05) is 0 Å². The minimum absolute atomic E-state index is 0.000623. The predicted octanol–water partition coefficient (Wildman–Crippen LogP) is 4.13. The van der Waals surface area contributed by atoms with E-state index in [-0.39, 0.29) is 16.2 Å². The Kier molecular flexibility index (Phi) is 3.72. The van der Waals surface area contributed by atoms with Gasteiger partial charge in [-0.25, -0.2) is 0 Å². The monoisotopic (exact) mass is 366 g/mol. The average molecular weight is 367 g/mol. The Morgan fingerprint density at radius 1 is 1.16 bits per heavy atom. The van der Waals surface area contributed by atoms with Gasteiger partial charge in [0.2, 0.25) is 10.6 Å². The summed E-state index contributed by atoms with van der Waals surface area (Å²) in [7, 11) is 0.